The molecule has 0 fully saturated rings. The molecule has 14 heavy (non-hydrogen) atoms. The summed E-state index contributed by atoms with van der Waals surface area (Å²) in [6, 6.07) is 0. The lowest BCUT2D eigenvalue weighted by Crippen LogP contribution is -2.23. The van der Waals surface area contributed by atoms with Gasteiger partial charge < -0.3 is 10.4 Å². The minimum absolute atomic E-state index is 0.0447. The standard InChI is InChI=1S/C7H11FN2O4/c1-14-10-7(13)5(8)4-9-3-2-6(11)12/h4,9H,2-3H2,1H3,(H,10,13)(H,11,12)/b5-4+. The first-order valence-electron chi connectivity index (χ1n) is 3.72. The molecule has 3 N–H and O–H groups in total. The molecular weight excluding hydrogens is 195 g/mol. The van der Waals surface area contributed by atoms with Gasteiger partial charge in [0.15, 0.2) is 0 Å². The number of carboxylic acid groups (broad SMARTS) is 1. The van der Waals surface area contributed by atoms with E-state index in [0.717, 1.165) is 6.20 Å². The number of carboxylic acids is 1. The van der Waals surface area contributed by atoms with Crippen LogP contribution in [0.25, 0.3) is 0 Å². The minimum atomic E-state index is -1.09. The highest BCUT2D eigenvalue weighted by Gasteiger charge is 2.06. The van der Waals surface area contributed by atoms with Crippen LogP contribution < -0.4 is 10.8 Å². The second kappa shape index (κ2) is 6.84. The van der Waals surface area contributed by atoms with Crippen LogP contribution >= 0.6 is 0 Å². The maximum atomic E-state index is 12.7. The summed E-state index contributed by atoms with van der Waals surface area (Å²) in [5.41, 5.74) is 1.76. The van der Waals surface area contributed by atoms with Gasteiger partial charge in [-0.05, 0) is 0 Å². The molecule has 0 aliphatic heterocycles. The summed E-state index contributed by atoms with van der Waals surface area (Å²) >= 11 is 0. The number of amides is 1. The molecule has 0 heterocycles. The second-order valence-electron chi connectivity index (χ2n) is 2.23. The van der Waals surface area contributed by atoms with Crippen LogP contribution in [0.5, 0.6) is 0 Å². The van der Waals surface area contributed by atoms with E-state index in [9.17, 15) is 14.0 Å². The first-order chi connectivity index (χ1) is 6.57. The van der Waals surface area contributed by atoms with Crippen molar-refractivity contribution in [2.45, 2.75) is 6.42 Å². The molecule has 0 aromatic rings. The molecule has 0 aromatic heterocycles. The number of rotatable bonds is 6. The Kier molecular flexibility index (Phi) is 6.04. The molecule has 0 saturated carbocycles. The van der Waals surface area contributed by atoms with Crippen LogP contribution in [0, 0.1) is 0 Å². The Labute approximate surface area is 79.7 Å². The molecule has 0 aromatic carbocycles. The van der Waals surface area contributed by atoms with Crippen LogP contribution in [0.15, 0.2) is 12.0 Å². The fraction of sp³-hybridized carbons (Fsp3) is 0.429. The molecule has 0 atom stereocenters. The number of hydrogen-bond acceptors (Lipinski definition) is 4. The molecule has 0 aliphatic carbocycles. The van der Waals surface area contributed by atoms with E-state index in [2.05, 4.69) is 10.2 Å². The zero-order valence-corrected chi connectivity index (χ0v) is 7.54. The maximum absolute atomic E-state index is 12.7. The monoisotopic (exact) mass is 206 g/mol. The van der Waals surface area contributed by atoms with Crippen molar-refractivity contribution in [3.63, 3.8) is 0 Å². The summed E-state index contributed by atoms with van der Waals surface area (Å²) in [6.07, 6.45) is 0.618. The van der Waals surface area contributed by atoms with E-state index in [1.165, 1.54) is 7.11 Å². The van der Waals surface area contributed by atoms with Gasteiger partial charge in [-0.15, -0.1) is 0 Å². The highest BCUT2D eigenvalue weighted by molar-refractivity contribution is 5.90. The number of carbonyl (C=O) groups excluding carboxylic acids is 1. The molecule has 0 bridgehead atoms. The summed E-state index contributed by atoms with van der Waals surface area (Å²) in [5, 5.41) is 10.5. The summed E-state index contributed by atoms with van der Waals surface area (Å²) in [6.45, 7) is 0.0447. The van der Waals surface area contributed by atoms with Gasteiger partial charge in [0, 0.05) is 12.7 Å². The largest absolute Gasteiger partial charge is 0.481 e. The Bertz CT molecular complexity index is 242. The van der Waals surface area contributed by atoms with Crippen molar-refractivity contribution < 1.29 is 23.9 Å². The third-order valence-corrected chi connectivity index (χ3v) is 1.12. The highest BCUT2D eigenvalue weighted by atomic mass is 19.1. The molecule has 0 unspecified atom stereocenters. The molecule has 0 spiro atoms. The van der Waals surface area contributed by atoms with E-state index < -0.39 is 17.7 Å². The number of carbonyl (C=O) groups is 2. The lowest BCUT2D eigenvalue weighted by atomic mass is 10.4. The predicted molar refractivity (Wildman–Crippen MR) is 44.6 cm³/mol. The fourth-order valence-electron chi connectivity index (χ4n) is 0.548. The van der Waals surface area contributed by atoms with Crippen LogP contribution in [0.2, 0.25) is 0 Å². The Morgan fingerprint density at radius 2 is 2.21 bits per heavy atom. The third kappa shape index (κ3) is 5.95. The van der Waals surface area contributed by atoms with E-state index in [1.54, 1.807) is 5.48 Å². The molecule has 0 saturated heterocycles. The lowest BCUT2D eigenvalue weighted by Gasteiger charge is -2.00. The Morgan fingerprint density at radius 1 is 1.57 bits per heavy atom. The summed E-state index contributed by atoms with van der Waals surface area (Å²) in [4.78, 5) is 24.8. The molecular formula is C7H11FN2O4. The molecule has 7 heteroatoms. The summed E-state index contributed by atoms with van der Waals surface area (Å²) in [5.74, 6) is -3.12. The SMILES string of the molecule is CONC(=O)/C(F)=C\NCCC(=O)O. The van der Waals surface area contributed by atoms with Gasteiger partial charge in [0.05, 0.1) is 13.5 Å². The van der Waals surface area contributed by atoms with E-state index in [4.69, 9.17) is 5.11 Å². The normalized spacial score (nSPS) is 10.9. The van der Waals surface area contributed by atoms with E-state index in [0.29, 0.717) is 0 Å². The van der Waals surface area contributed by atoms with Gasteiger partial charge in [-0.2, -0.15) is 4.39 Å². The number of hydrogen-bond donors (Lipinski definition) is 3. The first-order valence-corrected chi connectivity index (χ1v) is 3.72. The predicted octanol–water partition coefficient (Wildman–Crippen LogP) is -0.461. The number of hydroxylamine groups is 1. The highest BCUT2D eigenvalue weighted by Crippen LogP contribution is 1.93. The Balaban J connectivity index is 3.76. The van der Waals surface area contributed by atoms with Gasteiger partial charge in [0.2, 0.25) is 5.83 Å². The van der Waals surface area contributed by atoms with Crippen molar-refractivity contribution in [1.82, 2.24) is 10.8 Å². The second-order valence-corrected chi connectivity index (χ2v) is 2.23. The van der Waals surface area contributed by atoms with Crippen LogP contribution in [0.4, 0.5) is 4.39 Å². The quantitative estimate of drug-likeness (QED) is 0.311. The molecule has 1 amide bonds. The fourth-order valence-corrected chi connectivity index (χ4v) is 0.548. The smallest absolute Gasteiger partial charge is 0.305 e. The average molecular weight is 206 g/mol. The van der Waals surface area contributed by atoms with Gasteiger partial charge in [0.1, 0.15) is 0 Å². The topological polar surface area (TPSA) is 87.7 Å². The van der Waals surface area contributed by atoms with Gasteiger partial charge in [-0.25, -0.2) is 5.48 Å². The lowest BCUT2D eigenvalue weighted by molar-refractivity contribution is -0.136. The van der Waals surface area contributed by atoms with Crippen molar-refractivity contribution in [2.24, 2.45) is 0 Å². The molecule has 0 radical (unpaired) electrons. The van der Waals surface area contributed by atoms with Crippen molar-refractivity contribution >= 4 is 11.9 Å². The van der Waals surface area contributed by atoms with E-state index in [1.807, 2.05) is 0 Å². The van der Waals surface area contributed by atoms with Crippen molar-refractivity contribution in [3.8, 4) is 0 Å². The van der Waals surface area contributed by atoms with Crippen molar-refractivity contribution in [1.29, 1.82) is 0 Å². The van der Waals surface area contributed by atoms with Crippen molar-refractivity contribution in [3.05, 3.63) is 12.0 Å². The average Bonchev–Trinajstić information content (AvgIpc) is 2.12. The van der Waals surface area contributed by atoms with Crippen LogP contribution in [0.1, 0.15) is 6.42 Å². The zero-order chi connectivity index (χ0) is 11.0. The molecule has 6 nitrogen and oxygen atoms in total. The van der Waals surface area contributed by atoms with Gasteiger partial charge in [-0.1, -0.05) is 0 Å². The summed E-state index contributed by atoms with van der Waals surface area (Å²) < 4.78 is 12.7. The van der Waals surface area contributed by atoms with Gasteiger partial charge in [0.25, 0.3) is 0 Å². The van der Waals surface area contributed by atoms with Crippen LogP contribution in [-0.2, 0) is 14.4 Å². The van der Waals surface area contributed by atoms with Gasteiger partial charge in [-0.3, -0.25) is 14.4 Å². The molecule has 80 valence electrons. The number of aliphatic carboxylic acids is 1. The molecule has 0 rings (SSSR count). The van der Waals surface area contributed by atoms with E-state index in [-0.39, 0.29) is 13.0 Å². The van der Waals surface area contributed by atoms with Crippen LogP contribution in [-0.4, -0.2) is 30.6 Å². The Hall–Kier alpha value is -1.63. The minimum Gasteiger partial charge on any atom is -0.481 e. The number of halogens is 1. The first kappa shape index (κ1) is 12.4. The third-order valence-electron chi connectivity index (χ3n) is 1.12. The summed E-state index contributed by atoms with van der Waals surface area (Å²) in [7, 11) is 1.17. The number of nitrogens with one attached hydrogen (secondary N) is 2. The maximum Gasteiger partial charge on any atom is 0.305 e. The van der Waals surface area contributed by atoms with Gasteiger partial charge >= 0.3 is 11.9 Å². The van der Waals surface area contributed by atoms with Crippen molar-refractivity contribution in [2.75, 3.05) is 13.7 Å². The van der Waals surface area contributed by atoms with Crippen LogP contribution in [0.3, 0.4) is 0 Å². The van der Waals surface area contributed by atoms with E-state index >= 15 is 0 Å². The zero-order valence-electron chi connectivity index (χ0n) is 7.54. The molecule has 0 aliphatic rings. The Morgan fingerprint density at radius 3 is 2.71 bits per heavy atom.